The van der Waals surface area contributed by atoms with Gasteiger partial charge in [-0.3, -0.25) is 4.79 Å². The molecule has 0 spiro atoms. The molecule has 0 atom stereocenters. The topological polar surface area (TPSA) is 69.6 Å². The highest BCUT2D eigenvalue weighted by Gasteiger charge is 2.38. The van der Waals surface area contributed by atoms with E-state index in [1.165, 1.54) is 0 Å². The highest BCUT2D eigenvalue weighted by molar-refractivity contribution is 5.76. The summed E-state index contributed by atoms with van der Waals surface area (Å²) in [6.07, 6.45) is -4.43. The number of rotatable bonds is 0. The van der Waals surface area contributed by atoms with Crippen LogP contribution in [-0.2, 0) is 9.59 Å². The average molecular weight is 242 g/mol. The van der Waals surface area contributed by atoms with Crippen LogP contribution in [-0.4, -0.2) is 54.7 Å². The van der Waals surface area contributed by atoms with Gasteiger partial charge in [0.1, 0.15) is 0 Å². The van der Waals surface area contributed by atoms with Gasteiger partial charge in [0.15, 0.2) is 0 Å². The van der Waals surface area contributed by atoms with Gasteiger partial charge in [-0.25, -0.2) is 4.79 Å². The number of nitrogens with zero attached hydrogens (tertiary/aromatic N) is 1. The van der Waals surface area contributed by atoms with E-state index in [2.05, 4.69) is 5.32 Å². The molecule has 1 saturated heterocycles. The molecule has 1 aliphatic heterocycles. The van der Waals surface area contributed by atoms with E-state index in [-0.39, 0.29) is 5.91 Å². The molecular weight excluding hydrogens is 229 g/mol. The van der Waals surface area contributed by atoms with Crippen molar-refractivity contribution in [2.24, 2.45) is 0 Å². The zero-order valence-corrected chi connectivity index (χ0v) is 8.67. The number of carboxylic acid groups (broad SMARTS) is 1. The van der Waals surface area contributed by atoms with E-state index < -0.39 is 12.1 Å². The number of hydrogen-bond donors (Lipinski definition) is 2. The van der Waals surface area contributed by atoms with Crippen molar-refractivity contribution >= 4 is 11.9 Å². The fourth-order valence-corrected chi connectivity index (χ4v) is 0.883. The number of aliphatic carboxylic acids is 1. The van der Waals surface area contributed by atoms with Crippen LogP contribution in [0.1, 0.15) is 6.42 Å². The van der Waals surface area contributed by atoms with Crippen molar-refractivity contribution in [3.05, 3.63) is 0 Å². The van der Waals surface area contributed by atoms with Crippen LogP contribution in [0.3, 0.4) is 0 Å². The average Bonchev–Trinajstić information content (AvgIpc) is 2.32. The Kier molecular flexibility index (Phi) is 5.79. The monoisotopic (exact) mass is 242 g/mol. The maximum absolute atomic E-state index is 10.9. The molecule has 1 heterocycles. The van der Waals surface area contributed by atoms with Crippen molar-refractivity contribution < 1.29 is 27.9 Å². The molecule has 16 heavy (non-hydrogen) atoms. The van der Waals surface area contributed by atoms with Crippen molar-refractivity contribution in [2.75, 3.05) is 26.7 Å². The normalized spacial score (nSPS) is 17.2. The van der Waals surface area contributed by atoms with E-state index in [9.17, 15) is 18.0 Å². The fraction of sp³-hybridized carbons (Fsp3) is 0.750. The van der Waals surface area contributed by atoms with Crippen molar-refractivity contribution in [3.63, 3.8) is 0 Å². The highest BCUT2D eigenvalue weighted by atomic mass is 19.4. The molecule has 0 bridgehead atoms. The smallest absolute Gasteiger partial charge is 0.475 e. The predicted molar refractivity (Wildman–Crippen MR) is 48.8 cm³/mol. The van der Waals surface area contributed by atoms with Gasteiger partial charge in [-0.1, -0.05) is 0 Å². The fourth-order valence-electron chi connectivity index (χ4n) is 0.883. The lowest BCUT2D eigenvalue weighted by Crippen LogP contribution is -2.27. The van der Waals surface area contributed by atoms with E-state index in [0.717, 1.165) is 19.6 Å². The molecule has 8 heteroatoms. The molecular formula is C8H13F3N2O3. The summed E-state index contributed by atoms with van der Waals surface area (Å²) in [5.41, 5.74) is 0. The van der Waals surface area contributed by atoms with Crippen LogP contribution >= 0.6 is 0 Å². The molecule has 0 aromatic carbocycles. The summed E-state index contributed by atoms with van der Waals surface area (Å²) in [4.78, 5) is 21.6. The molecule has 1 fully saturated rings. The Bertz CT molecular complexity index is 255. The van der Waals surface area contributed by atoms with E-state index in [1.54, 1.807) is 4.90 Å². The van der Waals surface area contributed by atoms with Gasteiger partial charge in [0.25, 0.3) is 0 Å². The van der Waals surface area contributed by atoms with E-state index >= 15 is 0 Å². The summed E-state index contributed by atoms with van der Waals surface area (Å²) in [7, 11) is 1.84. The Hall–Kier alpha value is -1.31. The van der Waals surface area contributed by atoms with Crippen LogP contribution in [0, 0.1) is 0 Å². The maximum Gasteiger partial charge on any atom is 0.490 e. The summed E-state index contributed by atoms with van der Waals surface area (Å²) < 4.78 is 31.7. The minimum Gasteiger partial charge on any atom is -0.475 e. The molecule has 94 valence electrons. The standard InChI is InChI=1S/C6H12N2O.C2HF3O2/c1-8-5-4-7-3-2-6(8)9;3-2(4,5)1(6)7/h7H,2-5H2,1H3;(H,6,7). The number of amides is 1. The Morgan fingerprint density at radius 3 is 2.38 bits per heavy atom. The van der Waals surface area contributed by atoms with Crippen molar-refractivity contribution in [1.82, 2.24) is 10.2 Å². The zero-order valence-electron chi connectivity index (χ0n) is 8.67. The minimum absolute atomic E-state index is 0.250. The Labute approximate surface area is 90.2 Å². The first-order valence-electron chi connectivity index (χ1n) is 4.50. The van der Waals surface area contributed by atoms with E-state index in [1.807, 2.05) is 7.05 Å². The summed E-state index contributed by atoms with van der Waals surface area (Å²) in [5.74, 6) is -2.51. The Morgan fingerprint density at radius 2 is 1.94 bits per heavy atom. The predicted octanol–water partition coefficient (Wildman–Crippen LogP) is 0.0714. The molecule has 0 aromatic rings. The number of carbonyl (C=O) groups is 2. The number of carboxylic acids is 1. The third-order valence-electron chi connectivity index (χ3n) is 1.81. The second-order valence-electron chi connectivity index (χ2n) is 3.12. The first-order chi connectivity index (χ1) is 7.25. The molecule has 0 saturated carbocycles. The molecule has 0 radical (unpaired) electrons. The van der Waals surface area contributed by atoms with Gasteiger partial charge in [-0.15, -0.1) is 0 Å². The summed E-state index contributed by atoms with van der Waals surface area (Å²) in [6, 6.07) is 0. The lowest BCUT2D eigenvalue weighted by molar-refractivity contribution is -0.192. The first-order valence-corrected chi connectivity index (χ1v) is 4.50. The number of hydrogen-bond acceptors (Lipinski definition) is 3. The van der Waals surface area contributed by atoms with Gasteiger partial charge >= 0.3 is 12.1 Å². The molecule has 1 aliphatic rings. The molecule has 1 amide bonds. The lowest BCUT2D eigenvalue weighted by atomic mass is 10.4. The van der Waals surface area contributed by atoms with Crippen LogP contribution in [0.2, 0.25) is 0 Å². The number of halogens is 3. The molecule has 0 aromatic heterocycles. The summed E-state index contributed by atoms with van der Waals surface area (Å²) >= 11 is 0. The van der Waals surface area contributed by atoms with Gasteiger partial charge in [0.05, 0.1) is 0 Å². The van der Waals surface area contributed by atoms with Crippen LogP contribution in [0.4, 0.5) is 13.2 Å². The van der Waals surface area contributed by atoms with Gasteiger partial charge in [-0.05, 0) is 0 Å². The second kappa shape index (κ2) is 6.31. The van der Waals surface area contributed by atoms with E-state index in [4.69, 9.17) is 9.90 Å². The van der Waals surface area contributed by atoms with Crippen LogP contribution in [0.15, 0.2) is 0 Å². The zero-order chi connectivity index (χ0) is 12.8. The number of carbonyl (C=O) groups excluding carboxylic acids is 1. The number of alkyl halides is 3. The Balaban J connectivity index is 0.000000293. The molecule has 2 N–H and O–H groups in total. The molecule has 0 unspecified atom stereocenters. The van der Waals surface area contributed by atoms with Crippen molar-refractivity contribution in [3.8, 4) is 0 Å². The van der Waals surface area contributed by atoms with Gasteiger partial charge in [0, 0.05) is 33.1 Å². The van der Waals surface area contributed by atoms with Gasteiger partial charge < -0.3 is 15.3 Å². The highest BCUT2D eigenvalue weighted by Crippen LogP contribution is 2.13. The third-order valence-corrected chi connectivity index (χ3v) is 1.81. The lowest BCUT2D eigenvalue weighted by Gasteiger charge is -2.11. The SMILES string of the molecule is CN1CCNCCC1=O.O=C(O)C(F)(F)F. The van der Waals surface area contributed by atoms with Crippen LogP contribution in [0.25, 0.3) is 0 Å². The molecule has 0 aliphatic carbocycles. The van der Waals surface area contributed by atoms with Gasteiger partial charge in [-0.2, -0.15) is 13.2 Å². The number of likely N-dealkylation sites (N-methyl/N-ethyl adjacent to an activating group) is 1. The number of nitrogens with one attached hydrogen (secondary N) is 1. The summed E-state index contributed by atoms with van der Waals surface area (Å²) in [5, 5.41) is 10.3. The minimum atomic E-state index is -5.08. The Morgan fingerprint density at radius 1 is 1.44 bits per heavy atom. The van der Waals surface area contributed by atoms with E-state index in [0.29, 0.717) is 6.42 Å². The largest absolute Gasteiger partial charge is 0.490 e. The van der Waals surface area contributed by atoms with Crippen molar-refractivity contribution in [2.45, 2.75) is 12.6 Å². The summed E-state index contributed by atoms with van der Waals surface area (Å²) in [6.45, 7) is 2.62. The maximum atomic E-state index is 10.9. The van der Waals surface area contributed by atoms with Crippen LogP contribution in [0.5, 0.6) is 0 Å². The second-order valence-corrected chi connectivity index (χ2v) is 3.12. The third kappa shape index (κ3) is 6.23. The first kappa shape index (κ1) is 14.7. The quantitative estimate of drug-likeness (QED) is 0.630. The van der Waals surface area contributed by atoms with Gasteiger partial charge in [0.2, 0.25) is 5.91 Å². The van der Waals surface area contributed by atoms with Crippen molar-refractivity contribution in [1.29, 1.82) is 0 Å². The molecule has 1 rings (SSSR count). The van der Waals surface area contributed by atoms with Crippen LogP contribution < -0.4 is 5.32 Å². The molecule has 5 nitrogen and oxygen atoms in total.